The van der Waals surface area contributed by atoms with Gasteiger partial charge in [0.05, 0.1) is 16.7 Å². The highest BCUT2D eigenvalue weighted by molar-refractivity contribution is 7.90. The van der Waals surface area contributed by atoms with Crippen molar-refractivity contribution in [1.82, 2.24) is 24.1 Å². The Morgan fingerprint density at radius 1 is 1.16 bits per heavy atom. The highest BCUT2D eigenvalue weighted by Gasteiger charge is 2.39. The number of piperazine rings is 1. The molecule has 2 N–H and O–H groups in total. The molecule has 206 valence electrons. The summed E-state index contributed by atoms with van der Waals surface area (Å²) in [4.78, 5) is 17.6. The molecular weight excluding hydrogens is 513 g/mol. The third-order valence-corrected chi connectivity index (χ3v) is 8.25. The van der Waals surface area contributed by atoms with Crippen LogP contribution < -0.4 is 10.0 Å². The number of nitrogens with zero attached hydrogens (tertiary/aromatic N) is 4. The zero-order valence-corrected chi connectivity index (χ0v) is 22.0. The predicted molar refractivity (Wildman–Crippen MR) is 132 cm³/mol. The Labute approximate surface area is 214 Å². The molecule has 0 saturated carbocycles. The van der Waals surface area contributed by atoms with Crippen molar-refractivity contribution in [3.8, 4) is 0 Å². The number of nitrogens with one attached hydrogen (secondary N) is 2. The Hall–Kier alpha value is -2.58. The molecule has 0 bridgehead atoms. The molecule has 3 heterocycles. The average molecular weight is 547 g/mol. The number of urea groups is 1. The van der Waals surface area contributed by atoms with Crippen molar-refractivity contribution in [2.75, 3.05) is 44.1 Å². The van der Waals surface area contributed by atoms with Crippen LogP contribution >= 0.6 is 0 Å². The first kappa shape index (κ1) is 27.5. The number of fused-ring (bicyclic) bond motifs is 1. The van der Waals surface area contributed by atoms with Crippen LogP contribution in [0.4, 0.5) is 23.7 Å². The van der Waals surface area contributed by atoms with Gasteiger partial charge in [0.25, 0.3) is 0 Å². The second kappa shape index (κ2) is 10.7. The third-order valence-electron chi connectivity index (χ3n) is 6.73. The minimum atomic E-state index is -4.65. The maximum absolute atomic E-state index is 13.9. The number of aryl methyl sites for hydroxylation is 1. The Balaban J connectivity index is 1.55. The van der Waals surface area contributed by atoms with Gasteiger partial charge in [-0.25, -0.2) is 9.78 Å². The zero-order chi connectivity index (χ0) is 27.0. The Kier molecular flexibility index (Phi) is 7.91. The molecule has 2 aliphatic heterocycles. The van der Waals surface area contributed by atoms with E-state index in [0.717, 1.165) is 0 Å². The maximum Gasteiger partial charge on any atom is 0.449 e. The molecule has 1 aromatic carbocycles. The number of imidazole rings is 1. The summed E-state index contributed by atoms with van der Waals surface area (Å²) < 4.78 is 78.0. The number of ether oxygens (including phenoxy) is 1. The van der Waals surface area contributed by atoms with E-state index >= 15 is 0 Å². The van der Waals surface area contributed by atoms with Crippen LogP contribution in [0.2, 0.25) is 0 Å². The number of benzene rings is 1. The highest BCUT2D eigenvalue weighted by Crippen LogP contribution is 2.36. The molecule has 4 rings (SSSR count). The number of rotatable bonds is 6. The lowest BCUT2D eigenvalue weighted by molar-refractivity contribution is -0.147. The quantitative estimate of drug-likeness (QED) is 0.579. The van der Waals surface area contributed by atoms with Gasteiger partial charge >= 0.3 is 22.4 Å². The van der Waals surface area contributed by atoms with Crippen molar-refractivity contribution in [3.63, 3.8) is 0 Å². The molecule has 10 nitrogen and oxygen atoms in total. The Morgan fingerprint density at radius 3 is 2.41 bits per heavy atom. The number of hydrogen-bond acceptors (Lipinski definition) is 5. The van der Waals surface area contributed by atoms with Gasteiger partial charge in [0.15, 0.2) is 0 Å². The van der Waals surface area contributed by atoms with Crippen molar-refractivity contribution < 1.29 is 31.1 Å². The lowest BCUT2D eigenvalue weighted by Crippen LogP contribution is -2.54. The van der Waals surface area contributed by atoms with Crippen LogP contribution in [0.1, 0.15) is 38.1 Å². The molecule has 2 aromatic rings. The first-order valence-electron chi connectivity index (χ1n) is 12.3. The number of hydrogen-bond donors (Lipinski definition) is 2. The van der Waals surface area contributed by atoms with E-state index in [-0.39, 0.29) is 61.9 Å². The van der Waals surface area contributed by atoms with Crippen LogP contribution in [0.3, 0.4) is 0 Å². The molecule has 2 saturated heterocycles. The summed E-state index contributed by atoms with van der Waals surface area (Å²) in [6, 6.07) is 2.67. The summed E-state index contributed by atoms with van der Waals surface area (Å²) >= 11 is 0. The minimum absolute atomic E-state index is 0.0343. The van der Waals surface area contributed by atoms with Gasteiger partial charge in [-0.3, -0.25) is 4.72 Å². The van der Waals surface area contributed by atoms with Gasteiger partial charge in [-0.15, -0.1) is 0 Å². The molecular formula is C23H33F3N6O4S. The van der Waals surface area contributed by atoms with Gasteiger partial charge in [0, 0.05) is 57.5 Å². The van der Waals surface area contributed by atoms with E-state index in [0.29, 0.717) is 37.1 Å². The number of halogens is 3. The number of alkyl halides is 3. The minimum Gasteiger partial charge on any atom is -0.381 e. The molecule has 14 heteroatoms. The van der Waals surface area contributed by atoms with Crippen molar-refractivity contribution in [3.05, 3.63) is 23.5 Å². The molecule has 2 aliphatic rings. The van der Waals surface area contributed by atoms with Gasteiger partial charge in [0.1, 0.15) is 0 Å². The Morgan fingerprint density at radius 2 is 1.81 bits per heavy atom. The van der Waals surface area contributed by atoms with Gasteiger partial charge in [-0.1, -0.05) is 0 Å². The predicted octanol–water partition coefficient (Wildman–Crippen LogP) is 3.18. The van der Waals surface area contributed by atoms with Crippen molar-refractivity contribution >= 4 is 33.0 Å². The van der Waals surface area contributed by atoms with Crippen LogP contribution in [0.5, 0.6) is 0 Å². The van der Waals surface area contributed by atoms with Crippen molar-refractivity contribution in [2.24, 2.45) is 5.92 Å². The first-order chi connectivity index (χ1) is 17.4. The van der Waals surface area contributed by atoms with Crippen LogP contribution in [-0.4, -0.2) is 78.6 Å². The third kappa shape index (κ3) is 6.12. The van der Waals surface area contributed by atoms with Gasteiger partial charge in [-0.2, -0.15) is 25.9 Å². The summed E-state index contributed by atoms with van der Waals surface area (Å²) in [6.45, 7) is 7.07. The molecule has 1 aromatic heterocycles. The molecule has 2 amide bonds. The van der Waals surface area contributed by atoms with E-state index in [2.05, 4.69) is 15.0 Å². The summed E-state index contributed by atoms with van der Waals surface area (Å²) in [6.07, 6.45) is -3.32. The maximum atomic E-state index is 13.9. The smallest absolute Gasteiger partial charge is 0.381 e. The van der Waals surface area contributed by atoms with Gasteiger partial charge in [-0.05, 0) is 51.7 Å². The molecule has 2 fully saturated rings. The average Bonchev–Trinajstić information content (AvgIpc) is 3.21. The fraction of sp³-hybridized carbons (Fsp3) is 0.652. The van der Waals surface area contributed by atoms with E-state index in [4.69, 9.17) is 4.74 Å². The highest BCUT2D eigenvalue weighted by atomic mass is 32.2. The fourth-order valence-corrected chi connectivity index (χ4v) is 5.97. The normalized spacial score (nSPS) is 18.5. The molecule has 0 spiro atoms. The van der Waals surface area contributed by atoms with Crippen LogP contribution in [0.25, 0.3) is 11.0 Å². The second-order valence-electron chi connectivity index (χ2n) is 9.80. The summed E-state index contributed by atoms with van der Waals surface area (Å²) in [5.41, 5.74) is 0.892. The largest absolute Gasteiger partial charge is 0.449 e. The Bertz CT molecular complexity index is 1230. The summed E-state index contributed by atoms with van der Waals surface area (Å²) in [5, 5.41) is 2.78. The second-order valence-corrected chi connectivity index (χ2v) is 11.5. The standard InChI is InChI=1S/C23H33F3N6O4S/c1-15(2)27-22(33)30-8-10-31(11-9-30)37(34,35)29-18-4-5-19-20(16(18)3)28-21(23(24,25)26)32(19)14-17-6-12-36-13-7-17/h4-5,15,17,29H,6-14H2,1-3H3,(H,27,33). The van der Waals surface area contributed by atoms with Crippen molar-refractivity contribution in [2.45, 2.75) is 52.4 Å². The number of carbonyl (C=O) groups excluding carboxylic acids is 1. The number of aromatic nitrogens is 2. The van der Waals surface area contributed by atoms with Crippen LogP contribution in [0, 0.1) is 12.8 Å². The topological polar surface area (TPSA) is 109 Å². The lowest BCUT2D eigenvalue weighted by Gasteiger charge is -2.34. The first-order valence-corrected chi connectivity index (χ1v) is 13.8. The SMILES string of the molecule is Cc1c(NS(=O)(=O)N2CCN(C(=O)NC(C)C)CC2)ccc2c1nc(C(F)(F)F)n2CC1CCOCC1. The zero-order valence-electron chi connectivity index (χ0n) is 21.1. The van der Waals surface area contributed by atoms with Crippen LogP contribution in [0.15, 0.2) is 12.1 Å². The van der Waals surface area contributed by atoms with Crippen LogP contribution in [-0.2, 0) is 27.7 Å². The summed E-state index contributed by atoms with van der Waals surface area (Å²) in [5.74, 6) is -0.958. The van der Waals surface area contributed by atoms with E-state index in [1.807, 2.05) is 13.8 Å². The molecule has 0 radical (unpaired) electrons. The number of amides is 2. The van der Waals surface area contributed by atoms with E-state index in [1.165, 1.54) is 21.0 Å². The van der Waals surface area contributed by atoms with Crippen molar-refractivity contribution in [1.29, 1.82) is 0 Å². The van der Waals surface area contributed by atoms with E-state index in [1.54, 1.807) is 11.8 Å². The number of carbonyl (C=O) groups is 1. The molecule has 0 aliphatic carbocycles. The van der Waals surface area contributed by atoms with Gasteiger partial charge < -0.3 is 19.5 Å². The molecule has 0 atom stereocenters. The van der Waals surface area contributed by atoms with E-state index in [9.17, 15) is 26.4 Å². The van der Waals surface area contributed by atoms with Gasteiger partial charge in [0.2, 0.25) is 5.82 Å². The summed E-state index contributed by atoms with van der Waals surface area (Å²) in [7, 11) is -4.00. The molecule has 37 heavy (non-hydrogen) atoms. The van der Waals surface area contributed by atoms with E-state index < -0.39 is 22.2 Å². The lowest BCUT2D eigenvalue weighted by atomic mass is 10.00. The molecule has 0 unspecified atom stereocenters. The number of anilines is 1. The monoisotopic (exact) mass is 546 g/mol. The fourth-order valence-electron chi connectivity index (χ4n) is 4.70.